The normalized spacial score (nSPS) is 10.1. The average molecular weight is 200 g/mol. The summed E-state index contributed by atoms with van der Waals surface area (Å²) in [6, 6.07) is -1.02. The Morgan fingerprint density at radius 2 is 1.86 bits per heavy atom. The first-order valence-electron chi connectivity index (χ1n) is 4.09. The van der Waals surface area contributed by atoms with Gasteiger partial charge in [-0.3, -0.25) is 0 Å². The van der Waals surface area contributed by atoms with Gasteiger partial charge in [-0.05, 0) is 6.42 Å². The van der Waals surface area contributed by atoms with E-state index in [1.54, 1.807) is 7.11 Å². The third-order valence-electron chi connectivity index (χ3n) is 1.42. The van der Waals surface area contributed by atoms with E-state index in [1.165, 1.54) is 0 Å². The second kappa shape index (κ2) is 5.18. The van der Waals surface area contributed by atoms with E-state index in [1.807, 2.05) is 0 Å². The third-order valence-corrected chi connectivity index (χ3v) is 1.42. The number of hydrogen-bond acceptors (Lipinski definition) is 7. The van der Waals surface area contributed by atoms with Crippen LogP contribution in [0.3, 0.4) is 0 Å². The van der Waals surface area contributed by atoms with Gasteiger partial charge in [0.15, 0.2) is 0 Å². The number of hydrogen-bond donors (Lipinski definition) is 3. The lowest BCUT2D eigenvalue weighted by molar-refractivity contribution is 0.197. The molecule has 1 rings (SSSR count). The van der Waals surface area contributed by atoms with Crippen molar-refractivity contribution in [2.24, 2.45) is 0 Å². The summed E-state index contributed by atoms with van der Waals surface area (Å²) >= 11 is 0. The molecule has 3 N–H and O–H groups in total. The maximum atomic E-state index is 8.91. The van der Waals surface area contributed by atoms with Crippen LogP contribution in [0, 0.1) is 0 Å². The van der Waals surface area contributed by atoms with Crippen molar-refractivity contribution in [3.05, 3.63) is 0 Å². The highest BCUT2D eigenvalue weighted by molar-refractivity contribution is 5.26. The van der Waals surface area contributed by atoms with Crippen molar-refractivity contribution in [2.75, 3.05) is 25.6 Å². The Labute approximate surface area is 80.8 Å². The van der Waals surface area contributed by atoms with Crippen LogP contribution in [-0.4, -0.2) is 45.4 Å². The van der Waals surface area contributed by atoms with Crippen LogP contribution in [0.2, 0.25) is 0 Å². The molecular formula is C7H12N4O3. The highest BCUT2D eigenvalue weighted by Gasteiger charge is 2.02. The van der Waals surface area contributed by atoms with E-state index in [-0.39, 0.29) is 5.95 Å². The Morgan fingerprint density at radius 1 is 1.21 bits per heavy atom. The molecule has 1 aromatic rings. The number of anilines is 1. The molecule has 7 heteroatoms. The summed E-state index contributed by atoms with van der Waals surface area (Å²) < 4.78 is 4.84. The van der Waals surface area contributed by atoms with E-state index in [2.05, 4.69) is 20.3 Å². The largest absolute Gasteiger partial charge is 0.479 e. The van der Waals surface area contributed by atoms with Crippen LogP contribution in [0.1, 0.15) is 6.42 Å². The molecular weight excluding hydrogens is 188 g/mol. The van der Waals surface area contributed by atoms with Gasteiger partial charge in [0.05, 0.1) is 0 Å². The molecule has 0 aliphatic rings. The molecule has 1 heterocycles. The molecule has 0 atom stereocenters. The van der Waals surface area contributed by atoms with Crippen molar-refractivity contribution < 1.29 is 14.9 Å². The SMILES string of the molecule is COCCCNc1nc(O)nc(O)n1. The van der Waals surface area contributed by atoms with E-state index < -0.39 is 12.0 Å². The van der Waals surface area contributed by atoms with Crippen molar-refractivity contribution in [1.29, 1.82) is 0 Å². The van der Waals surface area contributed by atoms with Gasteiger partial charge in [-0.2, -0.15) is 9.97 Å². The molecule has 0 fully saturated rings. The molecule has 0 radical (unpaired) electrons. The summed E-state index contributed by atoms with van der Waals surface area (Å²) in [7, 11) is 1.61. The Balaban J connectivity index is 2.42. The van der Waals surface area contributed by atoms with Crippen LogP contribution in [-0.2, 0) is 4.74 Å². The lowest BCUT2D eigenvalue weighted by Crippen LogP contribution is -2.07. The fourth-order valence-corrected chi connectivity index (χ4v) is 0.850. The zero-order chi connectivity index (χ0) is 10.4. The lowest BCUT2D eigenvalue weighted by atomic mass is 10.4. The van der Waals surface area contributed by atoms with Gasteiger partial charge in [-0.1, -0.05) is 0 Å². The number of rotatable bonds is 5. The minimum absolute atomic E-state index is 0.145. The molecule has 14 heavy (non-hydrogen) atoms. The molecule has 1 aromatic heterocycles. The second-order valence-electron chi connectivity index (χ2n) is 2.53. The van der Waals surface area contributed by atoms with E-state index in [9.17, 15) is 0 Å². The minimum Gasteiger partial charge on any atom is -0.479 e. The maximum Gasteiger partial charge on any atom is 0.321 e. The maximum absolute atomic E-state index is 8.91. The molecule has 0 unspecified atom stereocenters. The second-order valence-corrected chi connectivity index (χ2v) is 2.53. The van der Waals surface area contributed by atoms with Crippen LogP contribution < -0.4 is 5.32 Å². The Kier molecular flexibility index (Phi) is 3.86. The quantitative estimate of drug-likeness (QED) is 0.562. The topological polar surface area (TPSA) is 100 Å². The zero-order valence-corrected chi connectivity index (χ0v) is 7.77. The van der Waals surface area contributed by atoms with Gasteiger partial charge in [0.25, 0.3) is 0 Å². The van der Waals surface area contributed by atoms with Gasteiger partial charge in [0.2, 0.25) is 5.95 Å². The molecule has 0 amide bonds. The number of ether oxygens (including phenoxy) is 1. The van der Waals surface area contributed by atoms with E-state index in [0.29, 0.717) is 13.2 Å². The van der Waals surface area contributed by atoms with Gasteiger partial charge in [-0.15, -0.1) is 4.98 Å². The van der Waals surface area contributed by atoms with Crippen LogP contribution in [0.4, 0.5) is 5.95 Å². The molecule has 7 nitrogen and oxygen atoms in total. The summed E-state index contributed by atoms with van der Waals surface area (Å²) in [5.41, 5.74) is 0. The van der Waals surface area contributed by atoms with Crippen LogP contribution in [0.25, 0.3) is 0 Å². The van der Waals surface area contributed by atoms with Crippen LogP contribution >= 0.6 is 0 Å². The van der Waals surface area contributed by atoms with Crippen molar-refractivity contribution in [3.63, 3.8) is 0 Å². The summed E-state index contributed by atoms with van der Waals surface area (Å²) in [5.74, 6) is 0.145. The van der Waals surface area contributed by atoms with E-state index >= 15 is 0 Å². The first-order valence-corrected chi connectivity index (χ1v) is 4.09. The van der Waals surface area contributed by atoms with E-state index in [0.717, 1.165) is 6.42 Å². The van der Waals surface area contributed by atoms with Gasteiger partial charge in [0.1, 0.15) is 0 Å². The van der Waals surface area contributed by atoms with Crippen LogP contribution in [0.15, 0.2) is 0 Å². The highest BCUT2D eigenvalue weighted by atomic mass is 16.5. The summed E-state index contributed by atoms with van der Waals surface area (Å²) in [5, 5.41) is 20.6. The van der Waals surface area contributed by atoms with Crippen molar-refractivity contribution in [2.45, 2.75) is 6.42 Å². The first kappa shape index (κ1) is 10.5. The Bertz CT molecular complexity index is 274. The monoisotopic (exact) mass is 200 g/mol. The van der Waals surface area contributed by atoms with Gasteiger partial charge in [-0.25, -0.2) is 0 Å². The van der Waals surface area contributed by atoms with Crippen molar-refractivity contribution >= 4 is 5.95 Å². The number of methoxy groups -OCH3 is 1. The Morgan fingerprint density at radius 3 is 2.43 bits per heavy atom. The zero-order valence-electron chi connectivity index (χ0n) is 7.77. The summed E-state index contributed by atoms with van der Waals surface area (Å²) in [6.45, 7) is 1.22. The standard InChI is InChI=1S/C7H12N4O3/c1-14-4-2-3-8-5-9-6(12)11-7(13)10-5/h2-4H2,1H3,(H3,8,9,10,11,12,13). The molecule has 0 aliphatic heterocycles. The fraction of sp³-hybridized carbons (Fsp3) is 0.571. The average Bonchev–Trinajstić information content (AvgIpc) is 2.11. The minimum atomic E-state index is -0.508. The third kappa shape index (κ3) is 3.40. The van der Waals surface area contributed by atoms with Gasteiger partial charge in [0, 0.05) is 20.3 Å². The van der Waals surface area contributed by atoms with Gasteiger partial charge >= 0.3 is 12.0 Å². The number of nitrogens with one attached hydrogen (secondary N) is 1. The molecule has 0 aromatic carbocycles. The molecule has 0 bridgehead atoms. The summed E-state index contributed by atoms with van der Waals surface area (Å²) in [6.07, 6.45) is 0.781. The van der Waals surface area contributed by atoms with E-state index in [4.69, 9.17) is 14.9 Å². The molecule has 0 saturated heterocycles. The number of nitrogens with zero attached hydrogens (tertiary/aromatic N) is 3. The van der Waals surface area contributed by atoms with Crippen LogP contribution in [0.5, 0.6) is 12.0 Å². The van der Waals surface area contributed by atoms with Gasteiger partial charge < -0.3 is 20.3 Å². The first-order chi connectivity index (χ1) is 6.72. The molecule has 78 valence electrons. The fourth-order valence-electron chi connectivity index (χ4n) is 0.850. The molecule has 0 saturated carbocycles. The predicted octanol–water partition coefficient (Wildman–Crippen LogP) is -0.269. The predicted molar refractivity (Wildman–Crippen MR) is 48.1 cm³/mol. The van der Waals surface area contributed by atoms with Crippen molar-refractivity contribution in [3.8, 4) is 12.0 Å². The smallest absolute Gasteiger partial charge is 0.321 e. The number of aromatic nitrogens is 3. The van der Waals surface area contributed by atoms with Crippen molar-refractivity contribution in [1.82, 2.24) is 15.0 Å². The number of aromatic hydroxyl groups is 2. The summed E-state index contributed by atoms with van der Waals surface area (Å²) in [4.78, 5) is 10.3. The molecule has 0 aliphatic carbocycles. The molecule has 0 spiro atoms. The highest BCUT2D eigenvalue weighted by Crippen LogP contribution is 2.09. The Hall–Kier alpha value is -1.63. The lowest BCUT2D eigenvalue weighted by Gasteiger charge is -2.03.